The number of carbonyl (C=O) groups excluding carboxylic acids is 2. The molecule has 0 radical (unpaired) electrons. The molecular formula is C18H22N4O4S. The molecule has 2 amide bonds. The van der Waals surface area contributed by atoms with E-state index in [9.17, 15) is 9.59 Å². The number of ether oxygens (including phenoxy) is 1. The van der Waals surface area contributed by atoms with Crippen molar-refractivity contribution in [1.82, 2.24) is 15.1 Å². The molecule has 1 aliphatic heterocycles. The predicted octanol–water partition coefficient (Wildman–Crippen LogP) is 1.48. The van der Waals surface area contributed by atoms with Crippen LogP contribution in [0.5, 0.6) is 5.75 Å². The van der Waals surface area contributed by atoms with E-state index in [-0.39, 0.29) is 23.5 Å². The van der Waals surface area contributed by atoms with Gasteiger partial charge in [0.2, 0.25) is 17.7 Å². The van der Waals surface area contributed by atoms with Gasteiger partial charge in [0, 0.05) is 19.0 Å². The van der Waals surface area contributed by atoms with Gasteiger partial charge in [-0.2, -0.15) is 0 Å². The Morgan fingerprint density at radius 2 is 1.96 bits per heavy atom. The summed E-state index contributed by atoms with van der Waals surface area (Å²) in [5, 5.41) is 8.39. The number of primary amides is 1. The molecule has 3 rings (SSSR count). The minimum absolute atomic E-state index is 0.00201. The van der Waals surface area contributed by atoms with Gasteiger partial charge in [-0.05, 0) is 30.5 Å². The van der Waals surface area contributed by atoms with Crippen molar-refractivity contribution in [2.24, 2.45) is 11.7 Å². The minimum atomic E-state index is -0.285. The van der Waals surface area contributed by atoms with Crippen LogP contribution in [0.4, 0.5) is 0 Å². The minimum Gasteiger partial charge on any atom is -0.497 e. The summed E-state index contributed by atoms with van der Waals surface area (Å²) in [6.07, 6.45) is 1.77. The Bertz CT molecular complexity index is 785. The van der Waals surface area contributed by atoms with Crippen molar-refractivity contribution in [2.45, 2.75) is 24.5 Å². The van der Waals surface area contributed by atoms with Crippen molar-refractivity contribution in [3.05, 3.63) is 35.7 Å². The molecule has 0 saturated carbocycles. The zero-order valence-electron chi connectivity index (χ0n) is 15.1. The SMILES string of the molecule is COc1ccc(Cc2nnc(SCC(=O)N3CCC(C(N)=O)CC3)o2)cc1. The molecule has 2 N–H and O–H groups in total. The Labute approximate surface area is 161 Å². The first kappa shape index (κ1) is 19.2. The van der Waals surface area contributed by atoms with Crippen molar-refractivity contribution in [3.63, 3.8) is 0 Å². The van der Waals surface area contributed by atoms with Crippen LogP contribution in [0.25, 0.3) is 0 Å². The summed E-state index contributed by atoms with van der Waals surface area (Å²) in [6.45, 7) is 1.11. The molecule has 0 atom stereocenters. The maximum absolute atomic E-state index is 12.3. The number of likely N-dealkylation sites (tertiary alicyclic amines) is 1. The van der Waals surface area contributed by atoms with Crippen molar-refractivity contribution >= 4 is 23.6 Å². The number of carbonyl (C=O) groups is 2. The van der Waals surface area contributed by atoms with Crippen LogP contribution in [-0.2, 0) is 16.0 Å². The number of thioether (sulfide) groups is 1. The number of amides is 2. The fraction of sp³-hybridized carbons (Fsp3) is 0.444. The number of piperidine rings is 1. The normalized spacial score (nSPS) is 14.9. The van der Waals surface area contributed by atoms with Crippen molar-refractivity contribution < 1.29 is 18.7 Å². The second kappa shape index (κ2) is 8.90. The highest BCUT2D eigenvalue weighted by Crippen LogP contribution is 2.21. The topological polar surface area (TPSA) is 112 Å². The fourth-order valence-corrected chi connectivity index (χ4v) is 3.60. The van der Waals surface area contributed by atoms with Crippen molar-refractivity contribution in [3.8, 4) is 5.75 Å². The van der Waals surface area contributed by atoms with E-state index >= 15 is 0 Å². The van der Waals surface area contributed by atoms with Crippen LogP contribution in [0, 0.1) is 5.92 Å². The van der Waals surface area contributed by atoms with E-state index in [1.54, 1.807) is 12.0 Å². The first-order chi connectivity index (χ1) is 13.0. The number of nitrogens with two attached hydrogens (primary N) is 1. The third-order valence-corrected chi connectivity index (χ3v) is 5.34. The Kier molecular flexibility index (Phi) is 6.33. The van der Waals surface area contributed by atoms with Gasteiger partial charge in [0.05, 0.1) is 19.3 Å². The highest BCUT2D eigenvalue weighted by atomic mass is 32.2. The first-order valence-corrected chi connectivity index (χ1v) is 9.69. The predicted molar refractivity (Wildman–Crippen MR) is 99.3 cm³/mol. The van der Waals surface area contributed by atoms with Gasteiger partial charge in [-0.3, -0.25) is 9.59 Å². The van der Waals surface area contributed by atoms with Crippen LogP contribution in [0.3, 0.4) is 0 Å². The van der Waals surface area contributed by atoms with Crippen LogP contribution in [-0.4, -0.2) is 52.9 Å². The molecule has 0 aliphatic carbocycles. The fourth-order valence-electron chi connectivity index (χ4n) is 2.91. The molecule has 2 aromatic rings. The number of benzene rings is 1. The number of hydrogen-bond acceptors (Lipinski definition) is 7. The number of aromatic nitrogens is 2. The first-order valence-electron chi connectivity index (χ1n) is 8.70. The molecule has 8 nitrogen and oxygen atoms in total. The Morgan fingerprint density at radius 3 is 2.59 bits per heavy atom. The van der Waals surface area contributed by atoms with Gasteiger partial charge in [-0.25, -0.2) is 0 Å². The van der Waals surface area contributed by atoms with E-state index in [4.69, 9.17) is 14.9 Å². The average molecular weight is 390 g/mol. The lowest BCUT2D eigenvalue weighted by Gasteiger charge is -2.30. The average Bonchev–Trinajstić information content (AvgIpc) is 3.14. The van der Waals surface area contributed by atoms with E-state index in [1.165, 1.54) is 11.8 Å². The molecule has 27 heavy (non-hydrogen) atoms. The zero-order valence-corrected chi connectivity index (χ0v) is 15.9. The largest absolute Gasteiger partial charge is 0.497 e. The molecule has 0 bridgehead atoms. The summed E-state index contributed by atoms with van der Waals surface area (Å²) in [5.41, 5.74) is 6.35. The molecule has 9 heteroatoms. The third kappa shape index (κ3) is 5.22. The van der Waals surface area contributed by atoms with Gasteiger partial charge in [0.15, 0.2) is 0 Å². The van der Waals surface area contributed by atoms with Crippen LogP contribution >= 0.6 is 11.8 Å². The Balaban J connectivity index is 1.46. The van der Waals surface area contributed by atoms with Crippen LogP contribution in [0.15, 0.2) is 33.9 Å². The van der Waals surface area contributed by atoms with Crippen LogP contribution < -0.4 is 10.5 Å². The van der Waals surface area contributed by atoms with Crippen LogP contribution in [0.2, 0.25) is 0 Å². The van der Waals surface area contributed by atoms with E-state index < -0.39 is 0 Å². The maximum atomic E-state index is 12.3. The van der Waals surface area contributed by atoms with Gasteiger partial charge < -0.3 is 19.8 Å². The standard InChI is InChI=1S/C18H22N4O4S/c1-25-14-4-2-12(3-5-14)10-15-20-21-18(26-15)27-11-16(23)22-8-6-13(7-9-22)17(19)24/h2-5,13H,6-11H2,1H3,(H2,19,24). The zero-order chi connectivity index (χ0) is 19.2. The Hall–Kier alpha value is -2.55. The van der Waals surface area contributed by atoms with Gasteiger partial charge in [-0.15, -0.1) is 10.2 Å². The second-order valence-corrected chi connectivity index (χ2v) is 7.26. The van der Waals surface area contributed by atoms with Crippen molar-refractivity contribution in [1.29, 1.82) is 0 Å². The highest BCUT2D eigenvalue weighted by molar-refractivity contribution is 7.99. The van der Waals surface area contributed by atoms with Gasteiger partial charge in [0.25, 0.3) is 5.22 Å². The number of methoxy groups -OCH3 is 1. The number of hydrogen-bond donors (Lipinski definition) is 1. The number of nitrogens with zero attached hydrogens (tertiary/aromatic N) is 3. The van der Waals surface area contributed by atoms with Crippen molar-refractivity contribution in [2.75, 3.05) is 26.0 Å². The lowest BCUT2D eigenvalue weighted by molar-refractivity contribution is -0.132. The lowest BCUT2D eigenvalue weighted by atomic mass is 9.96. The molecule has 0 unspecified atom stereocenters. The Morgan fingerprint density at radius 1 is 1.26 bits per heavy atom. The molecule has 1 fully saturated rings. The molecule has 1 aromatic heterocycles. The molecule has 144 valence electrons. The van der Waals surface area contributed by atoms with E-state index in [0.29, 0.717) is 43.5 Å². The summed E-state index contributed by atoms with van der Waals surface area (Å²) < 4.78 is 10.7. The van der Waals surface area contributed by atoms with Gasteiger partial charge in [-0.1, -0.05) is 23.9 Å². The molecule has 0 spiro atoms. The summed E-state index contributed by atoms with van der Waals surface area (Å²) >= 11 is 1.22. The number of rotatable bonds is 7. The monoisotopic (exact) mass is 390 g/mol. The summed E-state index contributed by atoms with van der Waals surface area (Å²) in [4.78, 5) is 25.2. The van der Waals surface area contributed by atoms with Gasteiger partial charge in [0.1, 0.15) is 5.75 Å². The molecule has 1 aromatic carbocycles. The third-order valence-electron chi connectivity index (χ3n) is 4.53. The second-order valence-electron chi connectivity index (χ2n) is 6.33. The molecule has 1 aliphatic rings. The van der Waals surface area contributed by atoms with E-state index in [2.05, 4.69) is 10.2 Å². The summed E-state index contributed by atoms with van der Waals surface area (Å²) in [5.74, 6) is 1.10. The smallest absolute Gasteiger partial charge is 0.277 e. The molecule has 1 saturated heterocycles. The van der Waals surface area contributed by atoms with Crippen LogP contribution in [0.1, 0.15) is 24.3 Å². The van der Waals surface area contributed by atoms with E-state index in [0.717, 1.165) is 11.3 Å². The summed E-state index contributed by atoms with van der Waals surface area (Å²) in [7, 11) is 1.62. The van der Waals surface area contributed by atoms with E-state index in [1.807, 2.05) is 24.3 Å². The quantitative estimate of drug-likeness (QED) is 0.713. The van der Waals surface area contributed by atoms with Gasteiger partial charge >= 0.3 is 0 Å². The lowest BCUT2D eigenvalue weighted by Crippen LogP contribution is -2.42. The molecule has 2 heterocycles. The molecular weight excluding hydrogens is 368 g/mol. The highest BCUT2D eigenvalue weighted by Gasteiger charge is 2.26. The maximum Gasteiger partial charge on any atom is 0.277 e. The summed E-state index contributed by atoms with van der Waals surface area (Å²) in [6, 6.07) is 7.63.